The molecule has 1 N–H and O–H groups in total. The monoisotopic (exact) mass is 762 g/mol. The number of hydrogen-bond acceptors (Lipinski definition) is 11. The van der Waals surface area contributed by atoms with Crippen molar-refractivity contribution < 1.29 is 41.0 Å². The Labute approximate surface area is 306 Å². The van der Waals surface area contributed by atoms with Gasteiger partial charge in [-0.15, -0.1) is 0 Å². The number of phosphoric acid groups is 2. The van der Waals surface area contributed by atoms with Crippen LogP contribution in [0.3, 0.4) is 0 Å². The minimum absolute atomic E-state index is 0.0488. The molecule has 1 aliphatic heterocycles. The number of rotatable bonds is 18. The van der Waals surface area contributed by atoms with E-state index in [2.05, 4.69) is 4.98 Å². The second kappa shape index (κ2) is 18.2. The van der Waals surface area contributed by atoms with Crippen LogP contribution in [-0.4, -0.2) is 28.4 Å². The summed E-state index contributed by atoms with van der Waals surface area (Å²) in [5.74, 6) is 0. The minimum Gasteiger partial charge on any atom is -0.349 e. The number of benzene rings is 4. The molecule has 5 aromatic rings. The molecule has 0 amide bonds. The standard InChI is InChI=1S/C38H40N2O11P2/c1-29-23-40(38(42)39-37(29)41)36-22-34(51-53(44,47-26-32-18-10-4-11-19-32)48-27-33-20-12-5-13-21-33)35(50-36)28-49-52(43,45-24-30-14-6-2-7-15-30)46-25-31-16-8-3-9-17-31/h2-21,23,34-36H,22,24-28H2,1H3,(H,39,41,42)/t34-,35-,36+/m0/s1. The zero-order valence-electron chi connectivity index (χ0n) is 28.9. The molecular formula is C38H40N2O11P2. The average molecular weight is 763 g/mol. The number of phosphoric ester groups is 2. The first-order chi connectivity index (χ1) is 25.7. The predicted molar refractivity (Wildman–Crippen MR) is 196 cm³/mol. The Kier molecular flexibility index (Phi) is 13.2. The number of aromatic nitrogens is 2. The largest absolute Gasteiger partial charge is 0.475 e. The second-order valence-corrected chi connectivity index (χ2v) is 15.5. The molecule has 13 nitrogen and oxygen atoms in total. The Morgan fingerprint density at radius 1 is 0.642 bits per heavy atom. The van der Waals surface area contributed by atoms with E-state index in [-0.39, 0.29) is 38.4 Å². The topological polar surface area (TPSA) is 154 Å². The van der Waals surface area contributed by atoms with E-state index in [0.29, 0.717) is 0 Å². The van der Waals surface area contributed by atoms with Gasteiger partial charge in [0.25, 0.3) is 5.56 Å². The highest BCUT2D eigenvalue weighted by molar-refractivity contribution is 7.48. The first kappa shape index (κ1) is 38.5. The third-order valence-corrected chi connectivity index (χ3v) is 11.0. The molecule has 1 fully saturated rings. The van der Waals surface area contributed by atoms with Crippen LogP contribution in [0, 0.1) is 6.92 Å². The number of aromatic amines is 1. The molecule has 6 rings (SSSR count). The van der Waals surface area contributed by atoms with E-state index >= 15 is 0 Å². The Bertz CT molecular complexity index is 2020. The van der Waals surface area contributed by atoms with Crippen molar-refractivity contribution in [2.24, 2.45) is 0 Å². The maximum Gasteiger partial charge on any atom is 0.475 e. The zero-order chi connectivity index (χ0) is 37.1. The molecule has 0 spiro atoms. The molecule has 0 unspecified atom stereocenters. The summed E-state index contributed by atoms with van der Waals surface area (Å²) in [5, 5.41) is 0. The van der Waals surface area contributed by atoms with Crippen molar-refractivity contribution in [3.05, 3.63) is 176 Å². The van der Waals surface area contributed by atoms with Crippen LogP contribution in [-0.2, 0) is 67.4 Å². The van der Waals surface area contributed by atoms with Gasteiger partial charge >= 0.3 is 21.3 Å². The number of ether oxygens (including phenoxy) is 1. The summed E-state index contributed by atoms with van der Waals surface area (Å²) in [6.45, 7) is 0.757. The highest BCUT2D eigenvalue weighted by Crippen LogP contribution is 2.56. The van der Waals surface area contributed by atoms with Gasteiger partial charge in [0.15, 0.2) is 0 Å². The number of aryl methyl sites for hydroxylation is 1. The van der Waals surface area contributed by atoms with E-state index < -0.39 is 51.9 Å². The molecule has 1 aliphatic rings. The fraction of sp³-hybridized carbons (Fsp3) is 0.263. The highest BCUT2D eigenvalue weighted by atomic mass is 31.2. The van der Waals surface area contributed by atoms with Gasteiger partial charge in [-0.05, 0) is 29.2 Å². The summed E-state index contributed by atoms with van der Waals surface area (Å²) in [6, 6.07) is 36.4. The molecule has 278 valence electrons. The average Bonchev–Trinajstić information content (AvgIpc) is 3.58. The van der Waals surface area contributed by atoms with Gasteiger partial charge in [0.05, 0.1) is 33.0 Å². The molecule has 2 heterocycles. The number of H-pyrrole nitrogens is 1. The van der Waals surface area contributed by atoms with Gasteiger partial charge in [-0.1, -0.05) is 121 Å². The molecule has 0 bridgehead atoms. The summed E-state index contributed by atoms with van der Waals surface area (Å²) >= 11 is 0. The van der Waals surface area contributed by atoms with Crippen LogP contribution in [0.5, 0.6) is 0 Å². The lowest BCUT2D eigenvalue weighted by Gasteiger charge is -2.25. The van der Waals surface area contributed by atoms with Gasteiger partial charge in [0.1, 0.15) is 18.4 Å². The molecule has 0 aliphatic carbocycles. The summed E-state index contributed by atoms with van der Waals surface area (Å²) in [5.41, 5.74) is 1.91. The van der Waals surface area contributed by atoms with Crippen LogP contribution in [0.4, 0.5) is 0 Å². The van der Waals surface area contributed by atoms with Crippen molar-refractivity contribution in [3.63, 3.8) is 0 Å². The summed E-state index contributed by atoms with van der Waals surface area (Å²) in [6.07, 6.45) is -1.88. The maximum atomic E-state index is 14.4. The highest BCUT2D eigenvalue weighted by Gasteiger charge is 2.45. The molecule has 0 radical (unpaired) electrons. The quantitative estimate of drug-likeness (QED) is 0.0878. The molecule has 1 aromatic heterocycles. The Balaban J connectivity index is 1.26. The molecule has 3 atom stereocenters. The molecule has 4 aromatic carbocycles. The summed E-state index contributed by atoms with van der Waals surface area (Å²) in [4.78, 5) is 27.3. The van der Waals surface area contributed by atoms with E-state index in [1.54, 1.807) is 31.2 Å². The normalized spacial score (nSPS) is 17.6. The molecule has 15 heteroatoms. The number of nitrogens with one attached hydrogen (secondary N) is 1. The molecule has 53 heavy (non-hydrogen) atoms. The first-order valence-corrected chi connectivity index (χ1v) is 19.8. The smallest absolute Gasteiger partial charge is 0.349 e. The van der Waals surface area contributed by atoms with Crippen LogP contribution in [0.2, 0.25) is 0 Å². The second-order valence-electron chi connectivity index (χ2n) is 12.2. The van der Waals surface area contributed by atoms with Crippen LogP contribution in [0.25, 0.3) is 0 Å². The van der Waals surface area contributed by atoms with Gasteiger partial charge in [0.2, 0.25) is 0 Å². The third-order valence-electron chi connectivity index (χ3n) is 8.23. The number of hydrogen-bond donors (Lipinski definition) is 1. The fourth-order valence-electron chi connectivity index (χ4n) is 5.38. The Morgan fingerprint density at radius 2 is 1.06 bits per heavy atom. The van der Waals surface area contributed by atoms with Gasteiger partial charge in [-0.2, -0.15) is 0 Å². The maximum absolute atomic E-state index is 14.4. The van der Waals surface area contributed by atoms with Crippen LogP contribution < -0.4 is 11.2 Å². The first-order valence-electron chi connectivity index (χ1n) is 16.9. The van der Waals surface area contributed by atoms with E-state index in [1.165, 1.54) is 10.8 Å². The SMILES string of the molecule is Cc1cn([C@H]2C[C@H](OP(=O)(OCc3ccccc3)OCc3ccccc3)[C@H](COP(=O)(OCc3ccccc3)OCc3ccccc3)O2)c(=O)[nH]c1=O. The summed E-state index contributed by atoms with van der Waals surface area (Å²) in [7, 11) is -8.65. The molecule has 0 saturated carbocycles. The van der Waals surface area contributed by atoms with Crippen molar-refractivity contribution in [1.82, 2.24) is 9.55 Å². The van der Waals surface area contributed by atoms with Crippen LogP contribution in [0.15, 0.2) is 137 Å². The van der Waals surface area contributed by atoms with Crippen molar-refractivity contribution in [2.75, 3.05) is 6.61 Å². The lowest BCUT2D eigenvalue weighted by Crippen LogP contribution is -2.33. The van der Waals surface area contributed by atoms with Gasteiger partial charge in [-0.3, -0.25) is 41.5 Å². The van der Waals surface area contributed by atoms with E-state index in [4.69, 9.17) is 31.9 Å². The van der Waals surface area contributed by atoms with Crippen LogP contribution >= 0.6 is 15.6 Å². The van der Waals surface area contributed by atoms with Gasteiger partial charge in [0, 0.05) is 18.2 Å². The Hall–Kier alpha value is -4.26. The fourth-order valence-corrected chi connectivity index (χ4v) is 7.92. The van der Waals surface area contributed by atoms with Gasteiger partial charge < -0.3 is 4.74 Å². The van der Waals surface area contributed by atoms with Crippen molar-refractivity contribution in [1.29, 1.82) is 0 Å². The van der Waals surface area contributed by atoms with E-state index in [1.807, 2.05) is 97.1 Å². The molecular weight excluding hydrogens is 722 g/mol. The van der Waals surface area contributed by atoms with Crippen molar-refractivity contribution in [3.8, 4) is 0 Å². The number of nitrogens with zero attached hydrogens (tertiary/aromatic N) is 1. The van der Waals surface area contributed by atoms with E-state index in [0.717, 1.165) is 22.3 Å². The lowest BCUT2D eigenvalue weighted by molar-refractivity contribution is -0.0509. The van der Waals surface area contributed by atoms with Crippen molar-refractivity contribution >= 4 is 15.6 Å². The van der Waals surface area contributed by atoms with E-state index in [9.17, 15) is 18.7 Å². The lowest BCUT2D eigenvalue weighted by atomic mass is 10.2. The Morgan fingerprint density at radius 3 is 1.49 bits per heavy atom. The summed E-state index contributed by atoms with van der Waals surface area (Å²) < 4.78 is 71.4. The predicted octanol–water partition coefficient (Wildman–Crippen LogP) is 7.62. The van der Waals surface area contributed by atoms with Crippen molar-refractivity contribution in [2.45, 2.75) is 58.2 Å². The van der Waals surface area contributed by atoms with Gasteiger partial charge in [-0.25, -0.2) is 13.9 Å². The minimum atomic E-state index is -4.37. The zero-order valence-corrected chi connectivity index (χ0v) is 30.7. The van der Waals surface area contributed by atoms with Crippen LogP contribution in [0.1, 0.15) is 40.5 Å². The third kappa shape index (κ3) is 11.1. The molecule has 1 saturated heterocycles.